The number of hydrogen-bond donors (Lipinski definition) is 0. The molecule has 0 bridgehead atoms. The SMILES string of the molecule is c1ccc(-n2c3ccccc3c3cc4c(ccc5cc(-c6ccc7c(ccc8c9ccccc9ccc78)c6)ccc54)cc32)cc1. The third-order valence-corrected chi connectivity index (χ3v) is 9.72. The maximum atomic E-state index is 2.40. The predicted molar refractivity (Wildman–Crippen MR) is 194 cm³/mol. The molecule has 1 heteroatoms. The molecular weight excluding hydrogens is 542 g/mol. The lowest BCUT2D eigenvalue weighted by molar-refractivity contribution is 1.18. The molecule has 0 fully saturated rings. The smallest absolute Gasteiger partial charge is 0.0547 e. The maximum absolute atomic E-state index is 2.40. The Kier molecular flexibility index (Phi) is 5.06. The minimum atomic E-state index is 1.19. The van der Waals surface area contributed by atoms with Crippen LogP contribution >= 0.6 is 0 Å². The van der Waals surface area contributed by atoms with Gasteiger partial charge in [0.15, 0.2) is 0 Å². The van der Waals surface area contributed by atoms with Crippen molar-refractivity contribution in [3.05, 3.63) is 164 Å². The Bertz CT molecular complexity index is 2800. The van der Waals surface area contributed by atoms with Crippen LogP contribution in [0, 0.1) is 0 Å². The summed E-state index contributed by atoms with van der Waals surface area (Å²) in [5.74, 6) is 0. The second kappa shape index (κ2) is 9.29. The average molecular weight is 570 g/mol. The first-order valence-electron chi connectivity index (χ1n) is 15.6. The van der Waals surface area contributed by atoms with E-state index in [4.69, 9.17) is 0 Å². The maximum Gasteiger partial charge on any atom is 0.0547 e. The van der Waals surface area contributed by atoms with E-state index in [2.05, 4.69) is 168 Å². The van der Waals surface area contributed by atoms with E-state index in [-0.39, 0.29) is 0 Å². The van der Waals surface area contributed by atoms with Crippen molar-refractivity contribution in [1.29, 1.82) is 0 Å². The van der Waals surface area contributed by atoms with Gasteiger partial charge in [-0.3, -0.25) is 0 Å². The van der Waals surface area contributed by atoms with Crippen molar-refractivity contribution in [1.82, 2.24) is 4.57 Å². The van der Waals surface area contributed by atoms with Crippen molar-refractivity contribution in [3.8, 4) is 16.8 Å². The Labute approximate surface area is 260 Å². The van der Waals surface area contributed by atoms with E-state index in [0.29, 0.717) is 0 Å². The minimum absolute atomic E-state index is 1.19. The molecule has 45 heavy (non-hydrogen) atoms. The third kappa shape index (κ3) is 3.62. The van der Waals surface area contributed by atoms with E-state index in [1.165, 1.54) is 92.5 Å². The van der Waals surface area contributed by atoms with Crippen LogP contribution in [0.3, 0.4) is 0 Å². The van der Waals surface area contributed by atoms with Gasteiger partial charge in [-0.05, 0) is 107 Å². The predicted octanol–water partition coefficient (Wildman–Crippen LogP) is 12.2. The van der Waals surface area contributed by atoms with Crippen molar-refractivity contribution in [2.24, 2.45) is 0 Å². The molecular formula is C44H27N. The largest absolute Gasteiger partial charge is 0.309 e. The van der Waals surface area contributed by atoms with Crippen molar-refractivity contribution >= 4 is 75.7 Å². The molecule has 0 radical (unpaired) electrons. The monoisotopic (exact) mass is 569 g/mol. The molecule has 208 valence electrons. The normalized spacial score (nSPS) is 12.0. The zero-order valence-corrected chi connectivity index (χ0v) is 24.5. The van der Waals surface area contributed by atoms with Crippen molar-refractivity contribution in [3.63, 3.8) is 0 Å². The van der Waals surface area contributed by atoms with Gasteiger partial charge in [-0.25, -0.2) is 0 Å². The molecule has 1 heterocycles. The van der Waals surface area contributed by atoms with Crippen molar-refractivity contribution in [2.75, 3.05) is 0 Å². The summed E-state index contributed by atoms with van der Waals surface area (Å²) < 4.78 is 2.39. The lowest BCUT2D eigenvalue weighted by Crippen LogP contribution is -1.93. The third-order valence-electron chi connectivity index (χ3n) is 9.72. The van der Waals surface area contributed by atoms with Crippen LogP contribution < -0.4 is 0 Å². The number of fused-ring (bicyclic) bond motifs is 11. The molecule has 0 amide bonds. The van der Waals surface area contributed by atoms with Crippen LogP contribution in [0.25, 0.3) is 92.5 Å². The summed E-state index contributed by atoms with van der Waals surface area (Å²) in [7, 11) is 0. The Morgan fingerprint density at radius 3 is 1.56 bits per heavy atom. The molecule has 9 aromatic carbocycles. The number of hydrogen-bond acceptors (Lipinski definition) is 0. The van der Waals surface area contributed by atoms with E-state index >= 15 is 0 Å². The van der Waals surface area contributed by atoms with Crippen LogP contribution in [0.4, 0.5) is 0 Å². The molecule has 0 saturated carbocycles. The van der Waals surface area contributed by atoms with Gasteiger partial charge in [0.05, 0.1) is 11.0 Å². The lowest BCUT2D eigenvalue weighted by Gasteiger charge is -2.11. The molecule has 10 aromatic rings. The van der Waals surface area contributed by atoms with Gasteiger partial charge in [0.25, 0.3) is 0 Å². The number of aromatic nitrogens is 1. The van der Waals surface area contributed by atoms with Gasteiger partial charge < -0.3 is 4.57 Å². The summed E-state index contributed by atoms with van der Waals surface area (Å²) >= 11 is 0. The molecule has 0 N–H and O–H groups in total. The minimum Gasteiger partial charge on any atom is -0.309 e. The van der Waals surface area contributed by atoms with Gasteiger partial charge in [0, 0.05) is 16.5 Å². The Balaban J connectivity index is 1.13. The van der Waals surface area contributed by atoms with Gasteiger partial charge >= 0.3 is 0 Å². The van der Waals surface area contributed by atoms with Crippen molar-refractivity contribution in [2.45, 2.75) is 0 Å². The lowest BCUT2D eigenvalue weighted by atomic mass is 9.93. The first kappa shape index (κ1) is 24.5. The summed E-state index contributed by atoms with van der Waals surface area (Å²) in [4.78, 5) is 0. The Hall–Kier alpha value is -5.92. The van der Waals surface area contributed by atoms with E-state index in [1.54, 1.807) is 0 Å². The summed E-state index contributed by atoms with van der Waals surface area (Å²) in [6, 6.07) is 60.4. The molecule has 10 rings (SSSR count). The molecule has 0 atom stereocenters. The van der Waals surface area contributed by atoms with E-state index < -0.39 is 0 Å². The fraction of sp³-hybridized carbons (Fsp3) is 0. The summed E-state index contributed by atoms with van der Waals surface area (Å²) in [5.41, 5.74) is 6.14. The van der Waals surface area contributed by atoms with Gasteiger partial charge in [0.2, 0.25) is 0 Å². The number of para-hydroxylation sites is 2. The fourth-order valence-corrected chi connectivity index (χ4v) is 7.57. The van der Waals surface area contributed by atoms with Crippen LogP contribution in [0.2, 0.25) is 0 Å². The zero-order valence-electron chi connectivity index (χ0n) is 24.5. The average Bonchev–Trinajstić information content (AvgIpc) is 3.43. The molecule has 1 aromatic heterocycles. The van der Waals surface area contributed by atoms with E-state index in [0.717, 1.165) is 0 Å². The fourth-order valence-electron chi connectivity index (χ4n) is 7.57. The molecule has 0 aliphatic rings. The van der Waals surface area contributed by atoms with Gasteiger partial charge in [-0.2, -0.15) is 0 Å². The molecule has 0 spiro atoms. The number of rotatable bonds is 2. The second-order valence-corrected chi connectivity index (χ2v) is 12.2. The highest BCUT2D eigenvalue weighted by molar-refractivity contribution is 6.19. The topological polar surface area (TPSA) is 4.93 Å². The summed E-state index contributed by atoms with van der Waals surface area (Å²) in [5, 5.41) is 15.4. The molecule has 0 saturated heterocycles. The van der Waals surface area contributed by atoms with Crippen LogP contribution in [-0.4, -0.2) is 4.57 Å². The standard InChI is InChI=1S/C44H27N/c1-2-9-34(10-3-1)45-43-13-7-6-12-40(43)42-27-41-33(26-44(42)45)15-14-31-24-30(18-21-37(31)41)29-17-20-36-32(25-29)19-23-38-35-11-5-4-8-28(35)16-22-39(36)38/h1-27H. The van der Waals surface area contributed by atoms with Crippen LogP contribution in [0.1, 0.15) is 0 Å². The highest BCUT2D eigenvalue weighted by Gasteiger charge is 2.14. The highest BCUT2D eigenvalue weighted by atomic mass is 15.0. The highest BCUT2D eigenvalue weighted by Crippen LogP contribution is 2.39. The van der Waals surface area contributed by atoms with E-state index in [9.17, 15) is 0 Å². The van der Waals surface area contributed by atoms with Crippen LogP contribution in [0.15, 0.2) is 164 Å². The first-order valence-corrected chi connectivity index (χ1v) is 15.6. The Morgan fingerprint density at radius 1 is 0.267 bits per heavy atom. The number of benzene rings is 9. The van der Waals surface area contributed by atoms with Crippen LogP contribution in [-0.2, 0) is 0 Å². The molecule has 0 unspecified atom stereocenters. The van der Waals surface area contributed by atoms with Gasteiger partial charge in [-0.1, -0.05) is 121 Å². The van der Waals surface area contributed by atoms with Gasteiger partial charge in [-0.15, -0.1) is 0 Å². The quantitative estimate of drug-likeness (QED) is 0.183. The van der Waals surface area contributed by atoms with E-state index in [1.807, 2.05) is 0 Å². The second-order valence-electron chi connectivity index (χ2n) is 12.2. The Morgan fingerprint density at radius 2 is 0.800 bits per heavy atom. The number of nitrogens with zero attached hydrogens (tertiary/aromatic N) is 1. The molecule has 0 aliphatic heterocycles. The summed E-state index contributed by atoms with van der Waals surface area (Å²) in [6.45, 7) is 0. The first-order chi connectivity index (χ1) is 22.3. The zero-order chi connectivity index (χ0) is 29.5. The summed E-state index contributed by atoms with van der Waals surface area (Å²) in [6.07, 6.45) is 0. The molecule has 1 nitrogen and oxygen atoms in total. The van der Waals surface area contributed by atoms with Crippen molar-refractivity contribution < 1.29 is 0 Å². The molecule has 0 aliphatic carbocycles. The van der Waals surface area contributed by atoms with Crippen LogP contribution in [0.5, 0.6) is 0 Å². The van der Waals surface area contributed by atoms with Gasteiger partial charge in [0.1, 0.15) is 0 Å².